The van der Waals surface area contributed by atoms with Crippen molar-refractivity contribution in [1.82, 2.24) is 0 Å². The van der Waals surface area contributed by atoms with Crippen molar-refractivity contribution >= 4 is 0 Å². The average Bonchev–Trinajstić information content (AvgIpc) is 2.08. The molecule has 0 radical (unpaired) electrons. The van der Waals surface area contributed by atoms with Gasteiger partial charge in [0.05, 0.1) is 0 Å². The molecule has 0 heterocycles. The van der Waals surface area contributed by atoms with Crippen LogP contribution in [0, 0.1) is 0 Å². The summed E-state index contributed by atoms with van der Waals surface area (Å²) in [5, 5.41) is 0. The van der Waals surface area contributed by atoms with Gasteiger partial charge in [0, 0.05) is 0 Å². The second-order valence-electron chi connectivity index (χ2n) is 1.66. The highest BCUT2D eigenvalue weighted by Gasteiger charge is 1.71. The summed E-state index contributed by atoms with van der Waals surface area (Å²) in [6.07, 6.45) is 9.48. The number of hydrogen-bond donors (Lipinski definition) is 0. The first-order chi connectivity index (χ1) is 5.31. The molecule has 0 unspecified atom stereocenters. The van der Waals surface area contributed by atoms with Gasteiger partial charge in [0.25, 0.3) is 0 Å². The second kappa shape index (κ2) is 16.5. The highest BCUT2D eigenvalue weighted by atomic mass is 13.8. The molecule has 0 aliphatic rings. The maximum Gasteiger partial charge on any atom is -0.0335 e. The van der Waals surface area contributed by atoms with Crippen molar-refractivity contribution in [2.75, 3.05) is 0 Å². The van der Waals surface area contributed by atoms with Crippen LogP contribution in [0.4, 0.5) is 0 Å². The predicted octanol–water partition coefficient (Wildman–Crippen LogP) is 4.52. The Morgan fingerprint density at radius 2 is 1.67 bits per heavy atom. The molecule has 0 amide bonds. The van der Waals surface area contributed by atoms with E-state index >= 15 is 0 Å². The Kier molecular flexibility index (Phi) is 23.6. The van der Waals surface area contributed by atoms with Crippen molar-refractivity contribution in [1.29, 1.82) is 0 Å². The van der Waals surface area contributed by atoms with Gasteiger partial charge in [0.15, 0.2) is 0 Å². The Bertz CT molecular complexity index is 147. The van der Waals surface area contributed by atoms with Gasteiger partial charge >= 0.3 is 0 Å². The first-order valence-electron chi connectivity index (χ1n) is 3.92. The highest BCUT2D eigenvalue weighted by molar-refractivity contribution is 5.27. The van der Waals surface area contributed by atoms with Crippen LogP contribution in [0.25, 0.3) is 0 Å². The van der Waals surface area contributed by atoms with Crippen LogP contribution in [0.5, 0.6) is 0 Å². The van der Waals surface area contributed by atoms with Gasteiger partial charge < -0.3 is 0 Å². The SMILES string of the molecule is C.C=CC(=C)/C=C\C=C/C.CC. The lowest BCUT2D eigenvalue weighted by atomic mass is 10.3. The van der Waals surface area contributed by atoms with E-state index in [1.165, 1.54) is 0 Å². The molecule has 0 spiro atoms. The van der Waals surface area contributed by atoms with E-state index in [0.717, 1.165) is 5.57 Å². The fraction of sp³-hybridized carbons (Fsp3) is 0.333. The zero-order valence-electron chi connectivity index (χ0n) is 7.80. The van der Waals surface area contributed by atoms with Gasteiger partial charge in [0.1, 0.15) is 0 Å². The van der Waals surface area contributed by atoms with Crippen LogP contribution in [-0.4, -0.2) is 0 Å². The van der Waals surface area contributed by atoms with Crippen molar-refractivity contribution < 1.29 is 0 Å². The van der Waals surface area contributed by atoms with E-state index in [2.05, 4.69) is 13.2 Å². The third-order valence-electron chi connectivity index (χ3n) is 0.876. The third-order valence-corrected chi connectivity index (χ3v) is 0.876. The number of rotatable bonds is 3. The van der Waals surface area contributed by atoms with Crippen LogP contribution in [0.1, 0.15) is 28.2 Å². The zero-order chi connectivity index (χ0) is 9.11. The largest absolute Gasteiger partial charge is 0.0985 e. The summed E-state index contributed by atoms with van der Waals surface area (Å²) in [6.45, 7) is 13.2. The molecule has 0 nitrogen and oxygen atoms in total. The van der Waals surface area contributed by atoms with E-state index in [4.69, 9.17) is 0 Å². The van der Waals surface area contributed by atoms with Crippen LogP contribution in [0.15, 0.2) is 49.1 Å². The van der Waals surface area contributed by atoms with Crippen molar-refractivity contribution in [3.05, 3.63) is 49.1 Å². The molecule has 12 heavy (non-hydrogen) atoms. The maximum atomic E-state index is 3.71. The summed E-state index contributed by atoms with van der Waals surface area (Å²) in [5.74, 6) is 0. The summed E-state index contributed by atoms with van der Waals surface area (Å²) >= 11 is 0. The quantitative estimate of drug-likeness (QED) is 0.541. The topological polar surface area (TPSA) is 0 Å². The molecule has 0 heteroatoms. The lowest BCUT2D eigenvalue weighted by Gasteiger charge is -1.81. The van der Waals surface area contributed by atoms with E-state index in [9.17, 15) is 0 Å². The lowest BCUT2D eigenvalue weighted by Crippen LogP contribution is -1.60. The monoisotopic (exact) mass is 166 g/mol. The Balaban J connectivity index is -0.000000249. The fourth-order valence-corrected chi connectivity index (χ4v) is 0.358. The predicted molar refractivity (Wildman–Crippen MR) is 61.4 cm³/mol. The molecule has 0 aliphatic heterocycles. The first kappa shape index (κ1) is 17.2. The fourth-order valence-electron chi connectivity index (χ4n) is 0.358. The van der Waals surface area contributed by atoms with Crippen molar-refractivity contribution in [2.45, 2.75) is 28.2 Å². The van der Waals surface area contributed by atoms with Crippen LogP contribution in [0.3, 0.4) is 0 Å². The normalized spacial score (nSPS) is 8.58. The summed E-state index contributed by atoms with van der Waals surface area (Å²) in [6, 6.07) is 0. The summed E-state index contributed by atoms with van der Waals surface area (Å²) in [4.78, 5) is 0. The van der Waals surface area contributed by atoms with Crippen LogP contribution in [0.2, 0.25) is 0 Å². The molecule has 0 fully saturated rings. The molecule has 0 aromatic heterocycles. The minimum Gasteiger partial charge on any atom is -0.0985 e. The van der Waals surface area contributed by atoms with Crippen LogP contribution < -0.4 is 0 Å². The molecule has 0 saturated carbocycles. The van der Waals surface area contributed by atoms with Gasteiger partial charge in [-0.15, -0.1) is 0 Å². The Morgan fingerprint density at radius 3 is 2.00 bits per heavy atom. The molecule has 0 aromatic carbocycles. The molecule has 0 bridgehead atoms. The molecule has 0 aliphatic carbocycles. The summed E-state index contributed by atoms with van der Waals surface area (Å²) < 4.78 is 0. The zero-order valence-corrected chi connectivity index (χ0v) is 7.80. The Labute approximate surface area is 78.0 Å². The van der Waals surface area contributed by atoms with E-state index < -0.39 is 0 Å². The van der Waals surface area contributed by atoms with Gasteiger partial charge in [-0.1, -0.05) is 64.8 Å². The number of hydrogen-bond acceptors (Lipinski definition) is 0. The molecular weight excluding hydrogens is 144 g/mol. The average molecular weight is 166 g/mol. The molecule has 0 aromatic rings. The van der Waals surface area contributed by atoms with E-state index in [1.54, 1.807) is 6.08 Å². The second-order valence-corrected chi connectivity index (χ2v) is 1.66. The minimum atomic E-state index is 0. The van der Waals surface area contributed by atoms with Crippen LogP contribution >= 0.6 is 0 Å². The van der Waals surface area contributed by atoms with Gasteiger partial charge in [-0.2, -0.15) is 0 Å². The Hall–Kier alpha value is -1.04. The van der Waals surface area contributed by atoms with Gasteiger partial charge in [-0.25, -0.2) is 0 Å². The smallest absolute Gasteiger partial charge is 0.0335 e. The number of allylic oxidation sites excluding steroid dienone is 6. The van der Waals surface area contributed by atoms with Crippen molar-refractivity contribution in [3.63, 3.8) is 0 Å². The Morgan fingerprint density at radius 1 is 1.17 bits per heavy atom. The molecule has 0 N–H and O–H groups in total. The van der Waals surface area contributed by atoms with E-state index in [-0.39, 0.29) is 7.43 Å². The van der Waals surface area contributed by atoms with Gasteiger partial charge in [-0.3, -0.25) is 0 Å². The first-order valence-corrected chi connectivity index (χ1v) is 3.92. The molecule has 0 saturated heterocycles. The molecular formula is C12H22. The van der Waals surface area contributed by atoms with Gasteiger partial charge in [0.2, 0.25) is 0 Å². The molecule has 0 atom stereocenters. The van der Waals surface area contributed by atoms with Crippen molar-refractivity contribution in [3.8, 4) is 0 Å². The van der Waals surface area contributed by atoms with Gasteiger partial charge in [-0.05, 0) is 12.5 Å². The minimum absolute atomic E-state index is 0. The maximum absolute atomic E-state index is 3.71. The van der Waals surface area contributed by atoms with E-state index in [1.807, 2.05) is 45.1 Å². The van der Waals surface area contributed by atoms with E-state index in [0.29, 0.717) is 0 Å². The summed E-state index contributed by atoms with van der Waals surface area (Å²) in [7, 11) is 0. The standard InChI is InChI=1S/C9H12.C2H6.CH4/c1-4-6-7-8-9(3)5-2;1-2;/h4-8H,2-3H2,1H3;1-2H3;1H4/b6-4-,8-7-;;. The van der Waals surface area contributed by atoms with Crippen molar-refractivity contribution in [2.24, 2.45) is 0 Å². The lowest BCUT2D eigenvalue weighted by molar-refractivity contribution is 1.50. The molecule has 0 rings (SSSR count). The highest BCUT2D eigenvalue weighted by Crippen LogP contribution is 1.92. The summed E-state index contributed by atoms with van der Waals surface area (Å²) in [5.41, 5.74) is 0.938. The molecule has 70 valence electrons. The van der Waals surface area contributed by atoms with Crippen LogP contribution in [-0.2, 0) is 0 Å². The third kappa shape index (κ3) is 16.0.